The largest absolute Gasteiger partial charge is 2.00 e. The Morgan fingerprint density at radius 2 is 2.17 bits per heavy atom. The third kappa shape index (κ3) is 7.25. The number of carbonyl (C=O) groups excluding carboxylic acids is 1. The SMILES string of the molecule is C=CC(=O)OCC(Cl)=C(O)Cl.[Ca+2].[H-].[H-]. The summed E-state index contributed by atoms with van der Waals surface area (Å²) in [4.78, 5) is 10.4. The van der Waals surface area contributed by atoms with Crippen molar-refractivity contribution in [1.82, 2.24) is 0 Å². The molecule has 0 aliphatic heterocycles. The second-order valence-electron chi connectivity index (χ2n) is 1.51. The van der Waals surface area contributed by atoms with Gasteiger partial charge in [0.15, 0.2) is 0 Å². The maximum absolute atomic E-state index is 10.4. The molecule has 6 heteroatoms. The molecule has 0 aliphatic rings. The van der Waals surface area contributed by atoms with Gasteiger partial charge in [-0.25, -0.2) is 4.79 Å². The zero-order valence-electron chi connectivity index (χ0n) is 8.22. The molecule has 0 aromatic rings. The Bertz CT molecular complexity index is 207. The topological polar surface area (TPSA) is 46.5 Å². The first-order valence-corrected chi connectivity index (χ1v) is 3.35. The van der Waals surface area contributed by atoms with Crippen LogP contribution >= 0.6 is 23.2 Å². The van der Waals surface area contributed by atoms with Crippen molar-refractivity contribution >= 4 is 66.9 Å². The first-order valence-electron chi connectivity index (χ1n) is 2.60. The molecule has 0 heterocycles. The standard InChI is InChI=1S/C6H6Cl2O3.Ca.2H/c1-2-5(9)11-3-4(7)6(8)10;;;/h2,10H,1,3H2;;;/q;+2;2*-1. The number of rotatable bonds is 3. The third-order valence-corrected chi connectivity index (χ3v) is 1.34. The van der Waals surface area contributed by atoms with Crippen molar-refractivity contribution in [2.24, 2.45) is 0 Å². The minimum atomic E-state index is -0.624. The molecule has 0 aliphatic carbocycles. The Balaban J connectivity index is -0.000000167. The predicted octanol–water partition coefficient (Wildman–Crippen LogP) is 1.76. The van der Waals surface area contributed by atoms with E-state index in [0.717, 1.165) is 6.08 Å². The number of carbonyl (C=O) groups is 1. The summed E-state index contributed by atoms with van der Waals surface area (Å²) in [6, 6.07) is 0. The van der Waals surface area contributed by atoms with Crippen molar-refractivity contribution in [3.05, 3.63) is 22.9 Å². The second-order valence-corrected chi connectivity index (χ2v) is 2.32. The van der Waals surface area contributed by atoms with Crippen LogP contribution < -0.4 is 0 Å². The van der Waals surface area contributed by atoms with E-state index >= 15 is 0 Å². The molecule has 0 fully saturated rings. The number of hydrogen-bond acceptors (Lipinski definition) is 3. The van der Waals surface area contributed by atoms with Crippen LogP contribution in [0.25, 0.3) is 0 Å². The Hall–Kier alpha value is 0.590. The molecule has 0 saturated heterocycles. The van der Waals surface area contributed by atoms with Gasteiger partial charge in [-0.1, -0.05) is 18.2 Å². The van der Waals surface area contributed by atoms with E-state index in [1.165, 1.54) is 0 Å². The second kappa shape index (κ2) is 8.20. The number of esters is 1. The Labute approximate surface area is 113 Å². The maximum Gasteiger partial charge on any atom is 2.00 e. The van der Waals surface area contributed by atoms with Gasteiger partial charge < -0.3 is 12.7 Å². The van der Waals surface area contributed by atoms with E-state index in [2.05, 4.69) is 11.3 Å². The van der Waals surface area contributed by atoms with Crippen molar-refractivity contribution in [2.45, 2.75) is 0 Å². The molecule has 0 spiro atoms. The summed E-state index contributed by atoms with van der Waals surface area (Å²) in [6.45, 7) is 2.91. The molecular weight excluding hydrogens is 231 g/mol. The van der Waals surface area contributed by atoms with Crippen LogP contribution in [0.1, 0.15) is 2.85 Å². The molecule has 0 rings (SSSR count). The summed E-state index contributed by atoms with van der Waals surface area (Å²) >= 11 is 10.3. The molecule has 0 bridgehead atoms. The summed E-state index contributed by atoms with van der Waals surface area (Å²) in [6.07, 6.45) is 0.982. The fourth-order valence-corrected chi connectivity index (χ4v) is 0.362. The molecule has 0 amide bonds. The Morgan fingerprint density at radius 3 is 2.50 bits per heavy atom. The van der Waals surface area contributed by atoms with Gasteiger partial charge >= 0.3 is 43.7 Å². The summed E-state index contributed by atoms with van der Waals surface area (Å²) in [5.41, 5.74) is 0. The average Bonchev–Trinajstić information content (AvgIpc) is 1.99. The predicted molar refractivity (Wildman–Crippen MR) is 50.5 cm³/mol. The fourth-order valence-electron chi connectivity index (χ4n) is 0.253. The van der Waals surface area contributed by atoms with Crippen molar-refractivity contribution in [2.75, 3.05) is 6.61 Å². The van der Waals surface area contributed by atoms with E-state index in [0.29, 0.717) is 0 Å². The van der Waals surface area contributed by atoms with Crippen molar-refractivity contribution in [3.63, 3.8) is 0 Å². The van der Waals surface area contributed by atoms with Crippen molar-refractivity contribution < 1.29 is 17.5 Å². The van der Waals surface area contributed by atoms with Crippen LogP contribution in [-0.2, 0) is 9.53 Å². The molecule has 0 atom stereocenters. The van der Waals surface area contributed by atoms with Gasteiger partial charge in [0.05, 0.1) is 0 Å². The fraction of sp³-hybridized carbons (Fsp3) is 0.167. The first kappa shape index (κ1) is 15.1. The molecule has 12 heavy (non-hydrogen) atoms. The van der Waals surface area contributed by atoms with Crippen LogP contribution in [-0.4, -0.2) is 55.4 Å². The molecule has 1 N–H and O–H groups in total. The van der Waals surface area contributed by atoms with Gasteiger partial charge in [0, 0.05) is 6.08 Å². The molecule has 0 aromatic carbocycles. The zero-order chi connectivity index (χ0) is 8.85. The van der Waals surface area contributed by atoms with Gasteiger partial charge in [0.25, 0.3) is 0 Å². The van der Waals surface area contributed by atoms with Crippen LogP contribution in [0.3, 0.4) is 0 Å². The van der Waals surface area contributed by atoms with Gasteiger partial charge in [-0.3, -0.25) is 0 Å². The minimum absolute atomic E-state index is 0. The quantitative estimate of drug-likeness (QED) is 0.353. The normalized spacial score (nSPS) is 10.8. The molecule has 3 nitrogen and oxygen atoms in total. The summed E-state index contributed by atoms with van der Waals surface area (Å²) in [5, 5.41) is 7.80. The summed E-state index contributed by atoms with van der Waals surface area (Å²) in [5.74, 6) is -0.624. The van der Waals surface area contributed by atoms with Crippen LogP contribution in [0.4, 0.5) is 0 Å². The van der Waals surface area contributed by atoms with E-state index in [9.17, 15) is 4.79 Å². The Morgan fingerprint density at radius 1 is 1.67 bits per heavy atom. The minimum Gasteiger partial charge on any atom is -1.00 e. The molecule has 66 valence electrons. The molecule has 0 aromatic heterocycles. The van der Waals surface area contributed by atoms with E-state index in [4.69, 9.17) is 28.3 Å². The average molecular weight is 239 g/mol. The monoisotopic (exact) mass is 238 g/mol. The van der Waals surface area contributed by atoms with Crippen LogP contribution in [0, 0.1) is 0 Å². The molecule has 0 unspecified atom stereocenters. The van der Waals surface area contributed by atoms with Gasteiger partial charge in [-0.2, -0.15) is 0 Å². The number of aliphatic hydroxyl groups excluding tert-OH is 1. The maximum atomic E-state index is 10.4. The van der Waals surface area contributed by atoms with Gasteiger partial charge in [0.2, 0.25) is 5.22 Å². The molecule has 0 saturated carbocycles. The number of halogens is 2. The molecular formula is C6H8CaCl2O3. The summed E-state index contributed by atoms with van der Waals surface area (Å²) in [7, 11) is 0. The third-order valence-electron chi connectivity index (χ3n) is 0.732. The number of aliphatic hydroxyl groups is 1. The summed E-state index contributed by atoms with van der Waals surface area (Å²) < 4.78 is 4.42. The molecule has 0 radical (unpaired) electrons. The van der Waals surface area contributed by atoms with Crippen LogP contribution in [0.2, 0.25) is 0 Å². The number of ether oxygens (including phenoxy) is 1. The van der Waals surface area contributed by atoms with Crippen molar-refractivity contribution in [3.8, 4) is 0 Å². The van der Waals surface area contributed by atoms with E-state index in [1.54, 1.807) is 0 Å². The van der Waals surface area contributed by atoms with E-state index in [-0.39, 0.29) is 52.2 Å². The van der Waals surface area contributed by atoms with Gasteiger partial charge in [-0.15, -0.1) is 0 Å². The van der Waals surface area contributed by atoms with E-state index < -0.39 is 11.2 Å². The van der Waals surface area contributed by atoms with Gasteiger partial charge in [-0.05, 0) is 11.6 Å². The smallest absolute Gasteiger partial charge is 1.00 e. The van der Waals surface area contributed by atoms with Gasteiger partial charge in [0.1, 0.15) is 11.6 Å². The number of hydrogen-bond donors (Lipinski definition) is 1. The van der Waals surface area contributed by atoms with Crippen molar-refractivity contribution in [1.29, 1.82) is 0 Å². The first-order chi connectivity index (χ1) is 5.07. The Kier molecular flexibility index (Phi) is 10.3. The van der Waals surface area contributed by atoms with Crippen LogP contribution in [0.15, 0.2) is 22.9 Å². The van der Waals surface area contributed by atoms with E-state index in [1.807, 2.05) is 0 Å². The zero-order valence-corrected chi connectivity index (χ0v) is 9.94. The van der Waals surface area contributed by atoms with Crippen LogP contribution in [0.5, 0.6) is 0 Å².